The molecule has 0 fully saturated rings. The lowest BCUT2D eigenvalue weighted by Crippen LogP contribution is -2.22. The third-order valence-electron chi connectivity index (χ3n) is 4.52. The Morgan fingerprint density at radius 2 is 1.76 bits per heavy atom. The van der Waals surface area contributed by atoms with Crippen LogP contribution in [0.25, 0.3) is 11.1 Å². The highest BCUT2D eigenvalue weighted by molar-refractivity contribution is 6.53. The first-order valence-electron chi connectivity index (χ1n) is 8.71. The van der Waals surface area contributed by atoms with Gasteiger partial charge in [0.25, 0.3) is 5.69 Å². The first-order chi connectivity index (χ1) is 13.8. The van der Waals surface area contributed by atoms with E-state index in [2.05, 4.69) is 10.1 Å². The van der Waals surface area contributed by atoms with Crippen LogP contribution in [0.15, 0.2) is 36.4 Å². The van der Waals surface area contributed by atoms with E-state index >= 15 is 0 Å². The molecule has 0 saturated carbocycles. The summed E-state index contributed by atoms with van der Waals surface area (Å²) in [6.45, 7) is 0. The van der Waals surface area contributed by atoms with E-state index in [1.165, 1.54) is 43.5 Å². The Bertz CT molecular complexity index is 1060. The minimum atomic E-state index is -0.835. The molecule has 1 amide bonds. The summed E-state index contributed by atoms with van der Waals surface area (Å²) in [4.78, 5) is 58.8. The maximum atomic E-state index is 12.5. The van der Waals surface area contributed by atoms with Crippen LogP contribution in [0, 0.1) is 10.1 Å². The molecular formula is C20H16N2O7. The molecule has 2 aromatic rings. The first-order valence-corrected chi connectivity index (χ1v) is 8.71. The summed E-state index contributed by atoms with van der Waals surface area (Å²) in [5.74, 6) is -2.43. The monoisotopic (exact) mass is 396 g/mol. The average molecular weight is 396 g/mol. The second-order valence-electron chi connectivity index (χ2n) is 6.35. The van der Waals surface area contributed by atoms with Gasteiger partial charge in [0.2, 0.25) is 17.5 Å². The molecule has 1 aliphatic carbocycles. The van der Waals surface area contributed by atoms with Gasteiger partial charge in [0.15, 0.2) is 0 Å². The molecule has 0 spiro atoms. The number of ether oxygens (including phenoxy) is 1. The van der Waals surface area contributed by atoms with Crippen LogP contribution in [0.2, 0.25) is 0 Å². The predicted molar refractivity (Wildman–Crippen MR) is 102 cm³/mol. The number of carbonyl (C=O) groups is 4. The molecule has 9 heteroatoms. The molecule has 0 radical (unpaired) electrons. The van der Waals surface area contributed by atoms with Crippen molar-refractivity contribution < 1.29 is 28.8 Å². The van der Waals surface area contributed by atoms with Crippen LogP contribution < -0.4 is 5.32 Å². The highest BCUT2D eigenvalue weighted by atomic mass is 16.6. The minimum absolute atomic E-state index is 0.0100. The number of nitro benzene ring substituents is 1. The van der Waals surface area contributed by atoms with E-state index < -0.39 is 22.5 Å². The number of hydrogen-bond donors (Lipinski definition) is 1. The molecule has 148 valence electrons. The molecule has 29 heavy (non-hydrogen) atoms. The Kier molecular flexibility index (Phi) is 5.49. The van der Waals surface area contributed by atoms with Gasteiger partial charge in [0.05, 0.1) is 17.6 Å². The van der Waals surface area contributed by atoms with Crippen LogP contribution in [-0.2, 0) is 14.3 Å². The number of nitrogens with one attached hydrogen (secondary N) is 1. The van der Waals surface area contributed by atoms with Crippen molar-refractivity contribution in [2.24, 2.45) is 0 Å². The molecule has 1 N–H and O–H groups in total. The molecule has 0 atom stereocenters. The van der Waals surface area contributed by atoms with E-state index in [1.54, 1.807) is 0 Å². The molecule has 0 saturated heterocycles. The number of rotatable bonds is 6. The van der Waals surface area contributed by atoms with Crippen LogP contribution in [0.4, 0.5) is 11.4 Å². The summed E-state index contributed by atoms with van der Waals surface area (Å²) < 4.78 is 4.50. The number of esters is 1. The number of nitrogens with zero attached hydrogens (tertiary/aromatic N) is 1. The fourth-order valence-electron chi connectivity index (χ4n) is 3.16. The summed E-state index contributed by atoms with van der Waals surface area (Å²) in [5, 5.41) is 14.0. The summed E-state index contributed by atoms with van der Waals surface area (Å²) >= 11 is 0. The zero-order chi connectivity index (χ0) is 21.1. The van der Waals surface area contributed by atoms with Gasteiger partial charge in [-0.2, -0.15) is 0 Å². The zero-order valence-electron chi connectivity index (χ0n) is 15.4. The summed E-state index contributed by atoms with van der Waals surface area (Å²) in [6, 6.07) is 8.30. The van der Waals surface area contributed by atoms with Gasteiger partial charge in [-0.15, -0.1) is 0 Å². The van der Waals surface area contributed by atoms with Gasteiger partial charge in [-0.05, 0) is 24.6 Å². The second-order valence-corrected chi connectivity index (χ2v) is 6.35. The number of carbonyl (C=O) groups excluding carboxylic acids is 4. The Morgan fingerprint density at radius 1 is 1.03 bits per heavy atom. The molecule has 0 heterocycles. The van der Waals surface area contributed by atoms with Crippen LogP contribution in [0.3, 0.4) is 0 Å². The van der Waals surface area contributed by atoms with E-state index in [-0.39, 0.29) is 52.4 Å². The average Bonchev–Trinajstić information content (AvgIpc) is 2.71. The number of ketones is 2. The van der Waals surface area contributed by atoms with Crippen molar-refractivity contribution in [3.8, 4) is 11.1 Å². The topological polar surface area (TPSA) is 133 Å². The number of anilines is 1. The van der Waals surface area contributed by atoms with Gasteiger partial charge >= 0.3 is 5.97 Å². The lowest BCUT2D eigenvalue weighted by Gasteiger charge is -2.18. The third kappa shape index (κ3) is 3.88. The third-order valence-corrected chi connectivity index (χ3v) is 4.52. The molecule has 9 nitrogen and oxygen atoms in total. The van der Waals surface area contributed by atoms with Crippen molar-refractivity contribution in [3.63, 3.8) is 0 Å². The number of benzene rings is 2. The molecule has 0 aliphatic heterocycles. The Morgan fingerprint density at radius 3 is 2.45 bits per heavy atom. The molecular weight excluding hydrogens is 380 g/mol. The summed E-state index contributed by atoms with van der Waals surface area (Å²) in [7, 11) is 1.26. The van der Waals surface area contributed by atoms with Crippen LogP contribution in [0.1, 0.15) is 40.0 Å². The second kappa shape index (κ2) is 8.01. The van der Waals surface area contributed by atoms with Gasteiger partial charge in [-0.1, -0.05) is 12.1 Å². The van der Waals surface area contributed by atoms with E-state index in [1.807, 2.05) is 0 Å². The van der Waals surface area contributed by atoms with E-state index in [9.17, 15) is 29.3 Å². The summed E-state index contributed by atoms with van der Waals surface area (Å²) in [5.41, 5.74) is 0.327. The largest absolute Gasteiger partial charge is 0.469 e. The number of fused-ring (bicyclic) bond motifs is 3. The van der Waals surface area contributed by atoms with Gasteiger partial charge in [-0.3, -0.25) is 29.3 Å². The highest BCUT2D eigenvalue weighted by Gasteiger charge is 2.35. The smallest absolute Gasteiger partial charge is 0.305 e. The number of Topliss-reactive ketones (excluding diaryl/α,β-unsaturated/α-hetero) is 2. The van der Waals surface area contributed by atoms with E-state index in [0.29, 0.717) is 6.42 Å². The highest BCUT2D eigenvalue weighted by Crippen LogP contribution is 2.40. The fourth-order valence-corrected chi connectivity index (χ4v) is 3.16. The van der Waals surface area contributed by atoms with Crippen molar-refractivity contribution in [2.75, 3.05) is 12.4 Å². The Balaban J connectivity index is 1.89. The van der Waals surface area contributed by atoms with Gasteiger partial charge < -0.3 is 10.1 Å². The lowest BCUT2D eigenvalue weighted by atomic mass is 9.83. The normalized spacial score (nSPS) is 12.0. The molecule has 0 aromatic heterocycles. The number of nitro groups is 1. The number of methoxy groups -OCH3 is 1. The quantitative estimate of drug-likeness (QED) is 0.343. The van der Waals surface area contributed by atoms with Crippen LogP contribution >= 0.6 is 0 Å². The van der Waals surface area contributed by atoms with Gasteiger partial charge in [-0.25, -0.2) is 0 Å². The van der Waals surface area contributed by atoms with Crippen LogP contribution in [-0.4, -0.2) is 35.5 Å². The molecule has 0 unspecified atom stereocenters. The maximum Gasteiger partial charge on any atom is 0.305 e. The van der Waals surface area contributed by atoms with Crippen molar-refractivity contribution in [2.45, 2.75) is 19.3 Å². The van der Waals surface area contributed by atoms with Crippen molar-refractivity contribution >= 4 is 34.8 Å². The Labute approximate surface area is 164 Å². The molecule has 2 aromatic carbocycles. The molecule has 3 rings (SSSR count). The standard InChI is InChI=1S/C20H16N2O7/c1-29-17(24)7-3-6-16(23)21-11-8-9-12-14(10-11)20(26)19(25)13-4-2-5-15(18(12)13)22(27)28/h2,4-5,8-10H,3,6-7H2,1H3,(H,21,23). The molecule has 1 aliphatic rings. The lowest BCUT2D eigenvalue weighted by molar-refractivity contribution is -0.384. The first kappa shape index (κ1) is 19.9. The van der Waals surface area contributed by atoms with Crippen LogP contribution in [0.5, 0.6) is 0 Å². The molecule has 0 bridgehead atoms. The van der Waals surface area contributed by atoms with Crippen molar-refractivity contribution in [1.29, 1.82) is 0 Å². The maximum absolute atomic E-state index is 12.5. The Hall–Kier alpha value is -3.88. The fraction of sp³-hybridized carbons (Fsp3) is 0.200. The van der Waals surface area contributed by atoms with E-state index in [4.69, 9.17) is 0 Å². The van der Waals surface area contributed by atoms with E-state index in [0.717, 1.165) is 0 Å². The van der Waals surface area contributed by atoms with Crippen molar-refractivity contribution in [3.05, 3.63) is 57.6 Å². The zero-order valence-corrected chi connectivity index (χ0v) is 15.4. The van der Waals surface area contributed by atoms with Gasteiger partial charge in [0, 0.05) is 41.3 Å². The minimum Gasteiger partial charge on any atom is -0.469 e. The summed E-state index contributed by atoms with van der Waals surface area (Å²) in [6.07, 6.45) is 0.454. The SMILES string of the molecule is COC(=O)CCCC(=O)Nc1ccc2c(c1)C(=O)C(=O)c1cccc([N+](=O)[O-])c1-2. The number of hydrogen-bond acceptors (Lipinski definition) is 7. The number of amides is 1. The van der Waals surface area contributed by atoms with Crippen molar-refractivity contribution in [1.82, 2.24) is 0 Å². The predicted octanol–water partition coefficient (Wildman–Crippen LogP) is 2.92. The van der Waals surface area contributed by atoms with Gasteiger partial charge in [0.1, 0.15) is 0 Å².